The van der Waals surface area contributed by atoms with Crippen LogP contribution in [0.25, 0.3) is 22.2 Å². The van der Waals surface area contributed by atoms with E-state index >= 15 is 0 Å². The summed E-state index contributed by atoms with van der Waals surface area (Å²) in [7, 11) is 0. The van der Waals surface area contributed by atoms with Crippen LogP contribution in [0.3, 0.4) is 0 Å². The summed E-state index contributed by atoms with van der Waals surface area (Å²) in [6.07, 6.45) is 0. The molecule has 6 heteroatoms. The molecular weight excluding hydrogens is 250 g/mol. The molecule has 0 aliphatic carbocycles. The number of aromatic nitrogens is 2. The standard InChI is InChI=1S/C12H9N3O2S/c13-10-6-5-9(18-10)12-14-11(15-17-12)7-1-3-8(16)4-2-7/h1-6,16H,13H2. The molecule has 0 unspecified atom stereocenters. The third kappa shape index (κ3) is 1.93. The molecule has 0 aliphatic heterocycles. The van der Waals surface area contributed by atoms with E-state index in [-0.39, 0.29) is 5.75 Å². The highest BCUT2D eigenvalue weighted by Crippen LogP contribution is 2.29. The third-order valence-electron chi connectivity index (χ3n) is 2.39. The second-order valence-corrected chi connectivity index (χ2v) is 4.79. The first kappa shape index (κ1) is 10.8. The minimum absolute atomic E-state index is 0.202. The van der Waals surface area contributed by atoms with Crippen molar-refractivity contribution in [2.75, 3.05) is 5.73 Å². The second kappa shape index (κ2) is 4.15. The minimum atomic E-state index is 0.202. The van der Waals surface area contributed by atoms with Crippen LogP contribution in [0, 0.1) is 0 Å². The van der Waals surface area contributed by atoms with Gasteiger partial charge in [-0.05, 0) is 36.4 Å². The predicted molar refractivity (Wildman–Crippen MR) is 69.1 cm³/mol. The van der Waals surface area contributed by atoms with Crippen molar-refractivity contribution < 1.29 is 9.63 Å². The summed E-state index contributed by atoms with van der Waals surface area (Å²) in [5.41, 5.74) is 6.44. The fourth-order valence-corrected chi connectivity index (χ4v) is 2.22. The summed E-state index contributed by atoms with van der Waals surface area (Å²) in [5.74, 6) is 1.13. The quantitative estimate of drug-likeness (QED) is 0.739. The van der Waals surface area contributed by atoms with Gasteiger partial charge in [0.2, 0.25) is 5.82 Å². The molecule has 0 radical (unpaired) electrons. The molecule has 0 aliphatic rings. The first-order valence-electron chi connectivity index (χ1n) is 5.21. The number of nitrogen functional groups attached to an aromatic ring is 1. The molecule has 3 N–H and O–H groups in total. The molecule has 2 aromatic heterocycles. The van der Waals surface area contributed by atoms with Gasteiger partial charge >= 0.3 is 0 Å². The number of thiophene rings is 1. The van der Waals surface area contributed by atoms with Gasteiger partial charge in [-0.15, -0.1) is 11.3 Å². The van der Waals surface area contributed by atoms with Crippen LogP contribution in [0.1, 0.15) is 0 Å². The lowest BCUT2D eigenvalue weighted by atomic mass is 10.2. The number of benzene rings is 1. The molecule has 0 amide bonds. The fourth-order valence-electron chi connectivity index (χ4n) is 1.52. The summed E-state index contributed by atoms with van der Waals surface area (Å²) < 4.78 is 5.18. The smallest absolute Gasteiger partial charge is 0.268 e. The lowest BCUT2D eigenvalue weighted by Gasteiger charge is -1.93. The zero-order valence-electron chi connectivity index (χ0n) is 9.20. The fraction of sp³-hybridized carbons (Fsp3) is 0. The Morgan fingerprint density at radius 3 is 2.56 bits per heavy atom. The molecule has 1 aromatic carbocycles. The van der Waals surface area contributed by atoms with Crippen LogP contribution in [-0.2, 0) is 0 Å². The number of aromatic hydroxyl groups is 1. The zero-order valence-corrected chi connectivity index (χ0v) is 10.0. The molecule has 5 nitrogen and oxygen atoms in total. The number of phenols is 1. The molecule has 3 rings (SSSR count). The number of hydrogen-bond donors (Lipinski definition) is 2. The molecule has 90 valence electrons. The van der Waals surface area contributed by atoms with Gasteiger partial charge in [0.1, 0.15) is 5.75 Å². The summed E-state index contributed by atoms with van der Waals surface area (Å²) >= 11 is 1.39. The van der Waals surface area contributed by atoms with Gasteiger partial charge in [0, 0.05) is 5.56 Å². The van der Waals surface area contributed by atoms with E-state index in [9.17, 15) is 5.11 Å². The molecular formula is C12H9N3O2S. The largest absolute Gasteiger partial charge is 0.508 e. The Kier molecular flexibility index (Phi) is 2.49. The van der Waals surface area contributed by atoms with Gasteiger partial charge in [-0.25, -0.2) is 0 Å². The summed E-state index contributed by atoms with van der Waals surface area (Å²) in [6.45, 7) is 0. The monoisotopic (exact) mass is 259 g/mol. The van der Waals surface area contributed by atoms with Crippen molar-refractivity contribution in [1.82, 2.24) is 10.1 Å². The van der Waals surface area contributed by atoms with E-state index < -0.39 is 0 Å². The maximum Gasteiger partial charge on any atom is 0.268 e. The predicted octanol–water partition coefficient (Wildman–Crippen LogP) is 2.75. The number of nitrogens with zero attached hydrogens (tertiary/aromatic N) is 2. The van der Waals surface area contributed by atoms with Crippen LogP contribution in [0.2, 0.25) is 0 Å². The van der Waals surface area contributed by atoms with Crippen LogP contribution < -0.4 is 5.73 Å². The van der Waals surface area contributed by atoms with Crippen LogP contribution in [0.4, 0.5) is 5.00 Å². The third-order valence-corrected chi connectivity index (χ3v) is 3.29. The molecule has 3 aromatic rings. The van der Waals surface area contributed by atoms with E-state index in [0.29, 0.717) is 16.7 Å². The van der Waals surface area contributed by atoms with Gasteiger partial charge in [-0.3, -0.25) is 0 Å². The molecule has 0 saturated carbocycles. The normalized spacial score (nSPS) is 10.7. The Balaban J connectivity index is 1.96. The number of rotatable bonds is 2. The highest BCUT2D eigenvalue weighted by molar-refractivity contribution is 7.19. The summed E-state index contributed by atoms with van der Waals surface area (Å²) in [4.78, 5) is 5.13. The van der Waals surface area contributed by atoms with Crippen molar-refractivity contribution in [3.05, 3.63) is 36.4 Å². The van der Waals surface area contributed by atoms with Gasteiger partial charge in [0.15, 0.2) is 0 Å². The van der Waals surface area contributed by atoms with E-state index in [4.69, 9.17) is 10.3 Å². The van der Waals surface area contributed by atoms with Crippen molar-refractivity contribution in [3.63, 3.8) is 0 Å². The van der Waals surface area contributed by atoms with Gasteiger partial charge in [-0.2, -0.15) is 4.98 Å². The zero-order chi connectivity index (χ0) is 12.5. The van der Waals surface area contributed by atoms with Crippen LogP contribution in [0.5, 0.6) is 5.75 Å². The topological polar surface area (TPSA) is 85.2 Å². The van der Waals surface area contributed by atoms with Crippen molar-refractivity contribution >= 4 is 16.3 Å². The highest BCUT2D eigenvalue weighted by atomic mass is 32.1. The lowest BCUT2D eigenvalue weighted by Crippen LogP contribution is -1.79. The molecule has 18 heavy (non-hydrogen) atoms. The first-order chi connectivity index (χ1) is 8.72. The molecule has 0 bridgehead atoms. The van der Waals surface area contributed by atoms with E-state index in [2.05, 4.69) is 10.1 Å². The van der Waals surface area contributed by atoms with Crippen molar-refractivity contribution in [1.29, 1.82) is 0 Å². The van der Waals surface area contributed by atoms with E-state index in [1.807, 2.05) is 6.07 Å². The maximum atomic E-state index is 9.21. The summed E-state index contributed by atoms with van der Waals surface area (Å²) in [6, 6.07) is 10.3. The average molecular weight is 259 g/mol. The first-order valence-corrected chi connectivity index (χ1v) is 6.03. The highest BCUT2D eigenvalue weighted by Gasteiger charge is 2.12. The van der Waals surface area contributed by atoms with E-state index in [0.717, 1.165) is 10.4 Å². The van der Waals surface area contributed by atoms with E-state index in [1.54, 1.807) is 30.3 Å². The van der Waals surface area contributed by atoms with Gasteiger partial charge < -0.3 is 15.4 Å². The molecule has 0 atom stereocenters. The van der Waals surface area contributed by atoms with Crippen LogP contribution >= 0.6 is 11.3 Å². The Hall–Kier alpha value is -2.34. The number of nitrogens with two attached hydrogens (primary N) is 1. The van der Waals surface area contributed by atoms with Crippen molar-refractivity contribution in [2.45, 2.75) is 0 Å². The second-order valence-electron chi connectivity index (χ2n) is 3.67. The SMILES string of the molecule is Nc1ccc(-c2nc(-c3ccc(O)cc3)no2)s1. The maximum absolute atomic E-state index is 9.21. The molecule has 0 fully saturated rings. The Labute approximate surface area is 107 Å². The summed E-state index contributed by atoms with van der Waals surface area (Å²) in [5, 5.41) is 13.8. The minimum Gasteiger partial charge on any atom is -0.508 e. The number of anilines is 1. The van der Waals surface area contributed by atoms with Crippen LogP contribution in [0.15, 0.2) is 40.9 Å². The van der Waals surface area contributed by atoms with E-state index in [1.165, 1.54) is 11.3 Å². The number of hydrogen-bond acceptors (Lipinski definition) is 6. The molecule has 2 heterocycles. The Morgan fingerprint density at radius 2 is 1.89 bits per heavy atom. The van der Waals surface area contributed by atoms with Gasteiger partial charge in [-0.1, -0.05) is 5.16 Å². The van der Waals surface area contributed by atoms with Gasteiger partial charge in [0.25, 0.3) is 5.89 Å². The molecule has 0 saturated heterocycles. The van der Waals surface area contributed by atoms with Crippen molar-refractivity contribution in [2.24, 2.45) is 0 Å². The Bertz CT molecular complexity index is 673. The van der Waals surface area contributed by atoms with Crippen molar-refractivity contribution in [3.8, 4) is 27.9 Å². The average Bonchev–Trinajstić information content (AvgIpc) is 2.98. The Morgan fingerprint density at radius 1 is 1.11 bits per heavy atom. The van der Waals surface area contributed by atoms with Crippen LogP contribution in [-0.4, -0.2) is 15.2 Å². The van der Waals surface area contributed by atoms with Gasteiger partial charge in [0.05, 0.1) is 9.88 Å². The molecule has 0 spiro atoms. The number of phenolic OH excluding ortho intramolecular Hbond substituents is 1. The lowest BCUT2D eigenvalue weighted by molar-refractivity contribution is 0.433.